The summed E-state index contributed by atoms with van der Waals surface area (Å²) in [5.41, 5.74) is 1.18. The van der Waals surface area contributed by atoms with Gasteiger partial charge in [-0.25, -0.2) is 0 Å². The fourth-order valence-electron chi connectivity index (χ4n) is 2.12. The second kappa shape index (κ2) is 5.97. The lowest BCUT2D eigenvalue weighted by Gasteiger charge is -2.10. The van der Waals surface area contributed by atoms with Crippen molar-refractivity contribution in [2.24, 2.45) is 5.92 Å². The Morgan fingerprint density at radius 2 is 2.18 bits per heavy atom. The molecular formula is C14H18Cl2O. The summed E-state index contributed by atoms with van der Waals surface area (Å²) in [7, 11) is 1.70. The molecule has 0 N–H and O–H groups in total. The van der Waals surface area contributed by atoms with Crippen molar-refractivity contribution in [2.45, 2.75) is 37.5 Å². The lowest BCUT2D eigenvalue weighted by molar-refractivity contribution is 0.408. The molecule has 0 spiro atoms. The zero-order valence-corrected chi connectivity index (χ0v) is 11.6. The molecule has 1 aromatic carbocycles. The van der Waals surface area contributed by atoms with Crippen LogP contribution >= 0.6 is 23.2 Å². The van der Waals surface area contributed by atoms with Gasteiger partial charge in [0.2, 0.25) is 0 Å². The van der Waals surface area contributed by atoms with Gasteiger partial charge in [-0.15, -0.1) is 11.6 Å². The second-order valence-electron chi connectivity index (χ2n) is 4.70. The van der Waals surface area contributed by atoms with E-state index in [4.69, 9.17) is 27.9 Å². The van der Waals surface area contributed by atoms with E-state index in [-0.39, 0.29) is 0 Å². The van der Waals surface area contributed by atoms with E-state index in [2.05, 4.69) is 0 Å². The van der Waals surface area contributed by atoms with Crippen LogP contribution in [0.25, 0.3) is 0 Å². The number of rotatable bonds is 6. The number of methoxy groups -OCH3 is 1. The average molecular weight is 273 g/mol. The third kappa shape index (κ3) is 3.79. The highest BCUT2D eigenvalue weighted by molar-refractivity contribution is 6.30. The van der Waals surface area contributed by atoms with Crippen molar-refractivity contribution >= 4 is 23.2 Å². The zero-order valence-electron chi connectivity index (χ0n) is 10.1. The number of hydrogen-bond acceptors (Lipinski definition) is 1. The van der Waals surface area contributed by atoms with Crippen LogP contribution < -0.4 is 4.74 Å². The zero-order chi connectivity index (χ0) is 12.3. The summed E-state index contributed by atoms with van der Waals surface area (Å²) in [6.45, 7) is 0. The smallest absolute Gasteiger partial charge is 0.122 e. The molecule has 0 radical (unpaired) electrons. The van der Waals surface area contributed by atoms with Gasteiger partial charge in [0, 0.05) is 10.4 Å². The molecule has 0 saturated heterocycles. The molecule has 1 saturated carbocycles. The minimum Gasteiger partial charge on any atom is -0.496 e. The highest BCUT2D eigenvalue weighted by Crippen LogP contribution is 2.38. The molecule has 1 aliphatic rings. The Labute approximate surface area is 113 Å². The number of hydrogen-bond donors (Lipinski definition) is 0. The monoisotopic (exact) mass is 272 g/mol. The van der Waals surface area contributed by atoms with Crippen LogP contribution in [-0.4, -0.2) is 12.5 Å². The van der Waals surface area contributed by atoms with Crippen LogP contribution in [-0.2, 0) is 6.42 Å². The fraction of sp³-hybridized carbons (Fsp3) is 0.571. The van der Waals surface area contributed by atoms with Gasteiger partial charge in [0.25, 0.3) is 0 Å². The standard InChI is InChI=1S/C14H18Cl2O/c1-17-14-8-7-12(15)9-11(14)3-2-4-13(16)10-5-6-10/h7-10,13H,2-6H2,1H3. The van der Waals surface area contributed by atoms with Gasteiger partial charge in [0.05, 0.1) is 7.11 Å². The van der Waals surface area contributed by atoms with Gasteiger partial charge in [0.1, 0.15) is 5.75 Å². The lowest BCUT2D eigenvalue weighted by Crippen LogP contribution is -2.02. The number of ether oxygens (including phenoxy) is 1. The SMILES string of the molecule is COc1ccc(Cl)cc1CCCC(Cl)C1CC1. The second-order valence-corrected chi connectivity index (χ2v) is 5.70. The van der Waals surface area contributed by atoms with Crippen LogP contribution in [0.15, 0.2) is 18.2 Å². The molecule has 1 atom stereocenters. The first-order valence-corrected chi connectivity index (χ1v) is 6.98. The molecule has 2 rings (SSSR count). The molecule has 1 unspecified atom stereocenters. The third-order valence-electron chi connectivity index (χ3n) is 3.30. The van der Waals surface area contributed by atoms with Crippen molar-refractivity contribution in [1.82, 2.24) is 0 Å². The molecule has 1 aliphatic carbocycles. The summed E-state index contributed by atoms with van der Waals surface area (Å²) in [4.78, 5) is 0. The summed E-state index contributed by atoms with van der Waals surface area (Å²) < 4.78 is 5.33. The van der Waals surface area contributed by atoms with E-state index in [0.29, 0.717) is 5.38 Å². The molecule has 94 valence electrons. The summed E-state index contributed by atoms with van der Waals surface area (Å²) in [5.74, 6) is 1.70. The topological polar surface area (TPSA) is 9.23 Å². The maximum atomic E-state index is 6.29. The van der Waals surface area contributed by atoms with E-state index in [1.54, 1.807) is 7.11 Å². The quantitative estimate of drug-likeness (QED) is 0.683. The maximum Gasteiger partial charge on any atom is 0.122 e. The Hall–Kier alpha value is -0.400. The molecule has 0 aromatic heterocycles. The molecule has 1 aromatic rings. The number of alkyl halides is 1. The molecular weight excluding hydrogens is 255 g/mol. The Balaban J connectivity index is 1.86. The van der Waals surface area contributed by atoms with Crippen molar-refractivity contribution in [3.63, 3.8) is 0 Å². The van der Waals surface area contributed by atoms with E-state index in [0.717, 1.165) is 36.0 Å². The Bertz CT molecular complexity index is 374. The van der Waals surface area contributed by atoms with Crippen LogP contribution in [0.2, 0.25) is 5.02 Å². The van der Waals surface area contributed by atoms with Gasteiger partial charge < -0.3 is 4.74 Å². The minimum atomic E-state index is 0.361. The summed E-state index contributed by atoms with van der Waals surface area (Å²) in [6.07, 6.45) is 5.80. The summed E-state index contributed by atoms with van der Waals surface area (Å²) >= 11 is 12.3. The number of benzene rings is 1. The van der Waals surface area contributed by atoms with Gasteiger partial charge in [0.15, 0.2) is 0 Å². The molecule has 1 fully saturated rings. The summed E-state index contributed by atoms with van der Waals surface area (Å²) in [6, 6.07) is 5.77. The third-order valence-corrected chi connectivity index (χ3v) is 4.11. The van der Waals surface area contributed by atoms with E-state index in [1.807, 2.05) is 18.2 Å². The van der Waals surface area contributed by atoms with Crippen molar-refractivity contribution in [3.8, 4) is 5.75 Å². The molecule has 0 amide bonds. The molecule has 17 heavy (non-hydrogen) atoms. The molecule has 3 heteroatoms. The van der Waals surface area contributed by atoms with Crippen molar-refractivity contribution in [1.29, 1.82) is 0 Å². The Kier molecular flexibility index (Phi) is 4.58. The predicted octanol–water partition coefficient (Wildman–Crippen LogP) is 4.69. The number of halogens is 2. The van der Waals surface area contributed by atoms with Crippen LogP contribution in [0.4, 0.5) is 0 Å². The first kappa shape index (κ1) is 13.0. The van der Waals surface area contributed by atoms with Crippen LogP contribution in [0, 0.1) is 5.92 Å². The highest BCUT2D eigenvalue weighted by Gasteiger charge is 2.28. The van der Waals surface area contributed by atoms with Crippen molar-refractivity contribution < 1.29 is 4.74 Å². The predicted molar refractivity (Wildman–Crippen MR) is 73.3 cm³/mol. The highest BCUT2D eigenvalue weighted by atomic mass is 35.5. The van der Waals surface area contributed by atoms with Gasteiger partial charge in [-0.3, -0.25) is 0 Å². The normalized spacial score (nSPS) is 16.9. The van der Waals surface area contributed by atoms with E-state index >= 15 is 0 Å². The molecule has 0 aliphatic heterocycles. The Morgan fingerprint density at radius 1 is 1.41 bits per heavy atom. The van der Waals surface area contributed by atoms with E-state index < -0.39 is 0 Å². The van der Waals surface area contributed by atoms with Crippen LogP contribution in [0.5, 0.6) is 5.75 Å². The maximum absolute atomic E-state index is 6.29. The fourth-order valence-corrected chi connectivity index (χ4v) is 2.72. The van der Waals surface area contributed by atoms with E-state index in [1.165, 1.54) is 18.4 Å². The van der Waals surface area contributed by atoms with Gasteiger partial charge in [-0.2, -0.15) is 0 Å². The largest absolute Gasteiger partial charge is 0.496 e. The lowest BCUT2D eigenvalue weighted by atomic mass is 10.0. The van der Waals surface area contributed by atoms with Gasteiger partial charge in [-0.1, -0.05) is 11.6 Å². The minimum absolute atomic E-state index is 0.361. The molecule has 0 bridgehead atoms. The van der Waals surface area contributed by atoms with Crippen molar-refractivity contribution in [2.75, 3.05) is 7.11 Å². The van der Waals surface area contributed by atoms with Crippen molar-refractivity contribution in [3.05, 3.63) is 28.8 Å². The molecule has 1 nitrogen and oxygen atoms in total. The average Bonchev–Trinajstić information content (AvgIpc) is 3.13. The van der Waals surface area contributed by atoms with Gasteiger partial charge in [-0.05, 0) is 61.8 Å². The summed E-state index contributed by atoms with van der Waals surface area (Å²) in [5, 5.41) is 1.13. The Morgan fingerprint density at radius 3 is 2.82 bits per heavy atom. The van der Waals surface area contributed by atoms with Crippen LogP contribution in [0.3, 0.4) is 0 Å². The van der Waals surface area contributed by atoms with Crippen LogP contribution in [0.1, 0.15) is 31.2 Å². The molecule has 0 heterocycles. The van der Waals surface area contributed by atoms with E-state index in [9.17, 15) is 0 Å². The van der Waals surface area contributed by atoms with Gasteiger partial charge >= 0.3 is 0 Å². The first-order chi connectivity index (χ1) is 8.20. The first-order valence-electron chi connectivity index (χ1n) is 6.17. The number of aryl methyl sites for hydroxylation is 1.